The number of halogens is 2. The van der Waals surface area contributed by atoms with E-state index in [-0.39, 0.29) is 29.6 Å². The van der Waals surface area contributed by atoms with E-state index in [4.69, 9.17) is 27.9 Å². The molecule has 1 heterocycles. The van der Waals surface area contributed by atoms with Crippen LogP contribution in [0.2, 0.25) is 10.0 Å². The Kier molecular flexibility index (Phi) is 10.8. The summed E-state index contributed by atoms with van der Waals surface area (Å²) in [5, 5.41) is 15.7. The molecule has 3 rings (SSSR count). The second-order valence-corrected chi connectivity index (χ2v) is 11.0. The van der Waals surface area contributed by atoms with Gasteiger partial charge in [-0.2, -0.15) is 0 Å². The van der Waals surface area contributed by atoms with Crippen LogP contribution in [0, 0.1) is 5.92 Å². The number of thioether (sulfide) groups is 1. The quantitative estimate of drug-likeness (QED) is 0.206. The van der Waals surface area contributed by atoms with Crippen molar-refractivity contribution in [1.29, 1.82) is 0 Å². The number of ether oxygens (including phenoxy) is 1. The Balaban J connectivity index is 1.68. The van der Waals surface area contributed by atoms with Gasteiger partial charge in [-0.05, 0) is 63.1 Å². The molecule has 0 bridgehead atoms. The van der Waals surface area contributed by atoms with Crippen LogP contribution in [0.3, 0.4) is 0 Å². The molecule has 208 valence electrons. The molecule has 0 fully saturated rings. The first kappa shape index (κ1) is 30.5. The van der Waals surface area contributed by atoms with Crippen LogP contribution in [0.4, 0.5) is 5.69 Å². The van der Waals surface area contributed by atoms with Gasteiger partial charge in [-0.1, -0.05) is 54.9 Å². The molecule has 0 radical (unpaired) electrons. The Bertz CT molecular complexity index is 1350. The van der Waals surface area contributed by atoms with E-state index in [0.29, 0.717) is 44.4 Å². The summed E-state index contributed by atoms with van der Waals surface area (Å²) in [7, 11) is 0. The molecule has 39 heavy (non-hydrogen) atoms. The molecule has 0 spiro atoms. The fraction of sp³-hybridized carbons (Fsp3) is 0.370. The van der Waals surface area contributed by atoms with Gasteiger partial charge in [0.1, 0.15) is 0 Å². The molecule has 9 nitrogen and oxygen atoms in total. The van der Waals surface area contributed by atoms with Crippen molar-refractivity contribution in [1.82, 2.24) is 20.1 Å². The van der Waals surface area contributed by atoms with Crippen LogP contribution in [0.25, 0.3) is 0 Å². The lowest BCUT2D eigenvalue weighted by atomic mass is 10.0. The van der Waals surface area contributed by atoms with Gasteiger partial charge in [0.05, 0.1) is 33.5 Å². The fourth-order valence-corrected chi connectivity index (χ4v) is 4.77. The monoisotopic (exact) mass is 591 g/mol. The van der Waals surface area contributed by atoms with Crippen molar-refractivity contribution in [3.8, 4) is 0 Å². The molecule has 2 amide bonds. The molecular weight excluding hydrogens is 561 g/mol. The number of nitrogens with zero attached hydrogens (tertiary/aromatic N) is 3. The summed E-state index contributed by atoms with van der Waals surface area (Å²) in [6.45, 7) is 9.97. The molecule has 0 saturated heterocycles. The highest BCUT2D eigenvalue weighted by atomic mass is 35.5. The SMILES string of the molecule is CCn1c(SCC(=O)Nc2cccc(C(=O)OC(C)C)c2)nnc1[C@@H](NC(=O)c1ccc(Cl)c(Cl)c1)C(C)C. The maximum absolute atomic E-state index is 13.0. The van der Waals surface area contributed by atoms with E-state index in [1.807, 2.05) is 25.3 Å². The number of rotatable bonds is 11. The number of esters is 1. The van der Waals surface area contributed by atoms with Crippen molar-refractivity contribution in [2.45, 2.75) is 58.5 Å². The highest BCUT2D eigenvalue weighted by molar-refractivity contribution is 7.99. The lowest BCUT2D eigenvalue weighted by Gasteiger charge is -2.22. The third-order valence-electron chi connectivity index (χ3n) is 5.53. The molecule has 2 N–H and O–H groups in total. The second kappa shape index (κ2) is 13.8. The van der Waals surface area contributed by atoms with E-state index < -0.39 is 12.0 Å². The zero-order valence-corrected chi connectivity index (χ0v) is 24.7. The van der Waals surface area contributed by atoms with Crippen LogP contribution < -0.4 is 10.6 Å². The standard InChI is InChI=1S/C27H31Cl2N5O4S/c1-6-34-24(23(15(2)3)31-25(36)17-10-11-20(28)21(29)13-17)32-33-27(34)39-14-22(35)30-19-9-7-8-18(12-19)26(37)38-16(4)5/h7-13,15-16,23H,6,14H2,1-5H3,(H,30,35)(H,31,36)/t23-/m0/s1. The number of amides is 2. The van der Waals surface area contributed by atoms with Crippen LogP contribution in [-0.2, 0) is 16.1 Å². The average Bonchev–Trinajstić information content (AvgIpc) is 3.29. The van der Waals surface area contributed by atoms with Gasteiger partial charge in [-0.25, -0.2) is 4.79 Å². The van der Waals surface area contributed by atoms with E-state index in [1.54, 1.807) is 50.2 Å². The van der Waals surface area contributed by atoms with E-state index in [0.717, 1.165) is 0 Å². The largest absolute Gasteiger partial charge is 0.459 e. The van der Waals surface area contributed by atoms with E-state index in [9.17, 15) is 14.4 Å². The third kappa shape index (κ3) is 8.20. The first-order valence-electron chi connectivity index (χ1n) is 12.4. The van der Waals surface area contributed by atoms with Crippen LogP contribution in [0.15, 0.2) is 47.6 Å². The number of benzene rings is 2. The smallest absolute Gasteiger partial charge is 0.338 e. The minimum absolute atomic E-state index is 0.00188. The lowest BCUT2D eigenvalue weighted by Crippen LogP contribution is -2.33. The zero-order chi connectivity index (χ0) is 28.7. The third-order valence-corrected chi connectivity index (χ3v) is 7.24. The molecule has 3 aromatic rings. The van der Waals surface area contributed by atoms with E-state index in [1.165, 1.54) is 17.8 Å². The summed E-state index contributed by atoms with van der Waals surface area (Å²) in [6, 6.07) is 10.8. The lowest BCUT2D eigenvalue weighted by molar-refractivity contribution is -0.113. The van der Waals surface area contributed by atoms with Crippen molar-refractivity contribution < 1.29 is 19.1 Å². The molecular formula is C27H31Cl2N5O4S. The Labute approximate surface area is 242 Å². The summed E-state index contributed by atoms with van der Waals surface area (Å²) in [4.78, 5) is 37.8. The molecule has 1 aromatic heterocycles. The molecule has 1 atom stereocenters. The molecule has 0 aliphatic heterocycles. The summed E-state index contributed by atoms with van der Waals surface area (Å²) < 4.78 is 7.09. The highest BCUT2D eigenvalue weighted by Gasteiger charge is 2.26. The van der Waals surface area contributed by atoms with Gasteiger partial charge < -0.3 is 19.9 Å². The normalized spacial score (nSPS) is 11.9. The maximum atomic E-state index is 13.0. The van der Waals surface area contributed by atoms with Crippen LogP contribution in [0.5, 0.6) is 0 Å². The van der Waals surface area contributed by atoms with Crippen LogP contribution in [-0.4, -0.2) is 44.4 Å². The molecule has 0 aliphatic rings. The topological polar surface area (TPSA) is 115 Å². The van der Waals surface area contributed by atoms with Gasteiger partial charge >= 0.3 is 5.97 Å². The van der Waals surface area contributed by atoms with Crippen LogP contribution >= 0.6 is 35.0 Å². The first-order valence-corrected chi connectivity index (χ1v) is 14.2. The van der Waals surface area contributed by atoms with Crippen molar-refractivity contribution in [2.24, 2.45) is 5.92 Å². The number of carbonyl (C=O) groups excluding carboxylic acids is 3. The molecule has 12 heteroatoms. The van der Waals surface area contributed by atoms with Crippen LogP contribution in [0.1, 0.15) is 67.2 Å². The molecule has 0 saturated carbocycles. The number of carbonyl (C=O) groups is 3. The number of nitrogens with one attached hydrogen (secondary N) is 2. The van der Waals surface area contributed by atoms with Gasteiger partial charge in [-0.3, -0.25) is 9.59 Å². The second-order valence-electron chi connectivity index (χ2n) is 9.28. The Morgan fingerprint density at radius 3 is 2.38 bits per heavy atom. The van der Waals surface area contributed by atoms with Gasteiger partial charge in [0.2, 0.25) is 5.91 Å². The number of hydrogen-bond donors (Lipinski definition) is 2. The molecule has 2 aromatic carbocycles. The number of aromatic nitrogens is 3. The Hall–Kier alpha value is -3.08. The van der Waals surface area contributed by atoms with Crippen molar-refractivity contribution in [2.75, 3.05) is 11.1 Å². The summed E-state index contributed by atoms with van der Waals surface area (Å²) in [6.07, 6.45) is -0.243. The van der Waals surface area contributed by atoms with Gasteiger partial charge in [-0.15, -0.1) is 10.2 Å². The van der Waals surface area contributed by atoms with E-state index >= 15 is 0 Å². The summed E-state index contributed by atoms with van der Waals surface area (Å²) >= 11 is 13.3. The minimum Gasteiger partial charge on any atom is -0.459 e. The fourth-order valence-electron chi connectivity index (χ4n) is 3.66. The predicted octanol–water partition coefficient (Wildman–Crippen LogP) is 6.03. The molecule has 0 unspecified atom stereocenters. The van der Waals surface area contributed by atoms with Gasteiger partial charge in [0.15, 0.2) is 11.0 Å². The summed E-state index contributed by atoms with van der Waals surface area (Å²) in [5.41, 5.74) is 1.22. The number of hydrogen-bond acceptors (Lipinski definition) is 7. The highest BCUT2D eigenvalue weighted by Crippen LogP contribution is 2.27. The Morgan fingerprint density at radius 1 is 1.00 bits per heavy atom. The number of anilines is 1. The zero-order valence-electron chi connectivity index (χ0n) is 22.3. The van der Waals surface area contributed by atoms with Crippen molar-refractivity contribution >= 4 is 58.4 Å². The van der Waals surface area contributed by atoms with Gasteiger partial charge in [0.25, 0.3) is 5.91 Å². The minimum atomic E-state index is -0.454. The molecule has 0 aliphatic carbocycles. The Morgan fingerprint density at radius 2 is 1.74 bits per heavy atom. The predicted molar refractivity (Wildman–Crippen MR) is 154 cm³/mol. The first-order chi connectivity index (χ1) is 18.5. The van der Waals surface area contributed by atoms with Crippen molar-refractivity contribution in [3.05, 3.63) is 69.5 Å². The summed E-state index contributed by atoms with van der Waals surface area (Å²) in [5.74, 6) is -0.381. The van der Waals surface area contributed by atoms with Gasteiger partial charge in [0, 0.05) is 17.8 Å². The maximum Gasteiger partial charge on any atom is 0.338 e. The van der Waals surface area contributed by atoms with Crippen molar-refractivity contribution in [3.63, 3.8) is 0 Å². The van der Waals surface area contributed by atoms with E-state index in [2.05, 4.69) is 20.8 Å². The average molecular weight is 593 g/mol.